The van der Waals surface area contributed by atoms with Gasteiger partial charge in [0, 0.05) is 5.41 Å². The summed E-state index contributed by atoms with van der Waals surface area (Å²) >= 11 is 0. The van der Waals surface area contributed by atoms with Crippen LogP contribution in [0.15, 0.2) is 0 Å². The Morgan fingerprint density at radius 2 is 1.22 bits per heavy atom. The highest BCUT2D eigenvalue weighted by atomic mass is 16.5. The molecule has 1 aliphatic heterocycles. The molecule has 0 aromatic rings. The molecule has 1 aliphatic rings. The topological polar surface area (TPSA) is 46.5 Å². The third-order valence-electron chi connectivity index (χ3n) is 7.11. The Balaban J connectivity index is 2.01. The van der Waals surface area contributed by atoms with E-state index in [9.17, 15) is 9.90 Å². The summed E-state index contributed by atoms with van der Waals surface area (Å²) in [5.74, 6) is -0.637. The Bertz CT molecular complexity index is 384. The van der Waals surface area contributed by atoms with Crippen molar-refractivity contribution in [3.63, 3.8) is 0 Å². The molecule has 0 spiro atoms. The first kappa shape index (κ1) is 24.5. The first-order valence-corrected chi connectivity index (χ1v) is 11.8. The van der Waals surface area contributed by atoms with E-state index in [0.29, 0.717) is 13.2 Å². The molecule has 1 heterocycles. The second-order valence-corrected chi connectivity index (χ2v) is 9.11. The predicted molar refractivity (Wildman–Crippen MR) is 114 cm³/mol. The smallest absolute Gasteiger partial charge is 0.310 e. The fraction of sp³-hybridized carbons (Fsp3) is 0.958. The molecular formula is C24H46O3. The van der Waals surface area contributed by atoms with E-state index in [1.807, 2.05) is 6.92 Å². The highest BCUT2D eigenvalue weighted by Crippen LogP contribution is 2.51. The Morgan fingerprint density at radius 1 is 0.815 bits per heavy atom. The Labute approximate surface area is 168 Å². The molecule has 0 aromatic heterocycles. The molecule has 0 aliphatic carbocycles. The van der Waals surface area contributed by atoms with Crippen molar-refractivity contribution in [1.82, 2.24) is 0 Å². The molecule has 1 unspecified atom stereocenters. The first-order chi connectivity index (χ1) is 13.0. The number of unbranched alkanes of at least 4 members (excludes halogenated alkanes) is 13. The number of carboxylic acids is 1. The molecule has 3 nitrogen and oxygen atoms in total. The summed E-state index contributed by atoms with van der Waals surface area (Å²) in [6.07, 6.45) is 20.4. The van der Waals surface area contributed by atoms with Gasteiger partial charge in [0.25, 0.3) is 0 Å². The molecule has 27 heavy (non-hydrogen) atoms. The summed E-state index contributed by atoms with van der Waals surface area (Å²) in [5.41, 5.74) is -0.771. The average Bonchev–Trinajstić information content (AvgIpc) is 2.61. The van der Waals surface area contributed by atoms with Crippen LogP contribution in [0.1, 0.15) is 124 Å². The number of carboxylic acid groups (broad SMARTS) is 1. The van der Waals surface area contributed by atoms with Gasteiger partial charge < -0.3 is 9.84 Å². The number of hydrogen-bond acceptors (Lipinski definition) is 2. The number of hydrogen-bond donors (Lipinski definition) is 1. The van der Waals surface area contributed by atoms with Gasteiger partial charge in [-0.15, -0.1) is 0 Å². The van der Waals surface area contributed by atoms with Gasteiger partial charge in [0.05, 0.1) is 18.6 Å². The first-order valence-electron chi connectivity index (χ1n) is 11.8. The van der Waals surface area contributed by atoms with Gasteiger partial charge >= 0.3 is 5.97 Å². The van der Waals surface area contributed by atoms with Crippen LogP contribution in [0.5, 0.6) is 0 Å². The maximum absolute atomic E-state index is 11.9. The van der Waals surface area contributed by atoms with Crippen LogP contribution in [-0.4, -0.2) is 24.3 Å². The van der Waals surface area contributed by atoms with E-state index in [-0.39, 0.29) is 5.41 Å². The van der Waals surface area contributed by atoms with E-state index in [1.54, 1.807) is 0 Å². The maximum Gasteiger partial charge on any atom is 0.310 e. The average molecular weight is 383 g/mol. The van der Waals surface area contributed by atoms with Crippen LogP contribution in [0.3, 0.4) is 0 Å². The van der Waals surface area contributed by atoms with Crippen LogP contribution >= 0.6 is 0 Å². The minimum absolute atomic E-state index is 0.143. The quantitative estimate of drug-likeness (QED) is 0.252. The molecule has 1 atom stereocenters. The zero-order valence-corrected chi connectivity index (χ0v) is 18.5. The van der Waals surface area contributed by atoms with E-state index in [1.165, 1.54) is 83.5 Å². The van der Waals surface area contributed by atoms with Gasteiger partial charge in [0.15, 0.2) is 0 Å². The normalized spacial score (nSPS) is 18.0. The van der Waals surface area contributed by atoms with Gasteiger partial charge in [0.1, 0.15) is 0 Å². The minimum atomic E-state index is -0.637. The zero-order valence-electron chi connectivity index (χ0n) is 18.5. The Kier molecular flexibility index (Phi) is 12.3. The molecule has 3 heteroatoms. The molecule has 160 valence electrons. The highest BCUT2D eigenvalue weighted by molar-refractivity contribution is 5.75. The molecule has 0 amide bonds. The second-order valence-electron chi connectivity index (χ2n) is 9.11. The van der Waals surface area contributed by atoms with Crippen LogP contribution in [0, 0.1) is 10.8 Å². The van der Waals surface area contributed by atoms with E-state index in [0.717, 1.165) is 19.3 Å². The summed E-state index contributed by atoms with van der Waals surface area (Å²) in [6, 6.07) is 0. The van der Waals surface area contributed by atoms with Gasteiger partial charge in [-0.1, -0.05) is 104 Å². The van der Waals surface area contributed by atoms with Crippen LogP contribution in [-0.2, 0) is 9.53 Å². The van der Waals surface area contributed by atoms with Crippen molar-refractivity contribution < 1.29 is 14.6 Å². The number of aliphatic carboxylic acids is 1. The van der Waals surface area contributed by atoms with E-state index >= 15 is 0 Å². The molecule has 1 rings (SSSR count). The van der Waals surface area contributed by atoms with Crippen molar-refractivity contribution in [2.45, 2.75) is 124 Å². The molecule has 1 fully saturated rings. The monoisotopic (exact) mass is 382 g/mol. The summed E-state index contributed by atoms with van der Waals surface area (Å²) in [4.78, 5) is 11.9. The summed E-state index contributed by atoms with van der Waals surface area (Å²) in [7, 11) is 0. The lowest BCUT2D eigenvalue weighted by Gasteiger charge is -2.51. The molecule has 0 bridgehead atoms. The van der Waals surface area contributed by atoms with Gasteiger partial charge in [-0.2, -0.15) is 0 Å². The summed E-state index contributed by atoms with van der Waals surface area (Å²) in [6.45, 7) is 7.56. The molecule has 0 saturated carbocycles. The van der Waals surface area contributed by atoms with E-state index in [2.05, 4.69) is 13.8 Å². The lowest BCUT2D eigenvalue weighted by Crippen LogP contribution is -2.57. The molecule has 0 radical (unpaired) electrons. The zero-order chi connectivity index (χ0) is 20.0. The van der Waals surface area contributed by atoms with Crippen LogP contribution in [0.2, 0.25) is 0 Å². The Hall–Kier alpha value is -0.570. The Morgan fingerprint density at radius 3 is 1.52 bits per heavy atom. The number of rotatable bonds is 18. The van der Waals surface area contributed by atoms with Crippen molar-refractivity contribution in [1.29, 1.82) is 0 Å². The van der Waals surface area contributed by atoms with E-state index in [4.69, 9.17) is 4.74 Å². The van der Waals surface area contributed by atoms with Crippen LogP contribution < -0.4 is 0 Å². The van der Waals surface area contributed by atoms with Crippen molar-refractivity contribution in [2.24, 2.45) is 10.8 Å². The second kappa shape index (κ2) is 13.6. The summed E-state index contributed by atoms with van der Waals surface area (Å²) in [5, 5.41) is 9.81. The largest absolute Gasteiger partial charge is 0.481 e. The van der Waals surface area contributed by atoms with E-state index < -0.39 is 11.4 Å². The fourth-order valence-electron chi connectivity index (χ4n) is 4.53. The maximum atomic E-state index is 11.9. The van der Waals surface area contributed by atoms with Gasteiger partial charge in [-0.3, -0.25) is 4.79 Å². The molecule has 0 aromatic carbocycles. The SMILES string of the molecule is CCCCCCCCCCCCCCCCC(C)(C(=O)O)C1(CC)COC1. The van der Waals surface area contributed by atoms with Crippen molar-refractivity contribution in [3.05, 3.63) is 0 Å². The highest BCUT2D eigenvalue weighted by Gasteiger charge is 2.56. The molecular weight excluding hydrogens is 336 g/mol. The predicted octanol–water partition coefficient (Wildman–Crippen LogP) is 7.38. The lowest BCUT2D eigenvalue weighted by molar-refractivity contribution is -0.203. The molecule has 1 saturated heterocycles. The van der Waals surface area contributed by atoms with Crippen molar-refractivity contribution in [3.8, 4) is 0 Å². The lowest BCUT2D eigenvalue weighted by atomic mass is 9.59. The van der Waals surface area contributed by atoms with Gasteiger partial charge in [0.2, 0.25) is 0 Å². The fourth-order valence-corrected chi connectivity index (χ4v) is 4.53. The van der Waals surface area contributed by atoms with Gasteiger partial charge in [-0.05, 0) is 19.8 Å². The number of carbonyl (C=O) groups is 1. The van der Waals surface area contributed by atoms with Crippen molar-refractivity contribution in [2.75, 3.05) is 13.2 Å². The standard InChI is InChI=1S/C24H46O3/c1-4-6-7-8-9-10-11-12-13-14-15-16-17-18-19-23(3,22(25)26)24(5-2)20-27-21-24/h4-21H2,1-3H3,(H,25,26). The third-order valence-corrected chi connectivity index (χ3v) is 7.11. The molecule has 1 N–H and O–H groups in total. The third kappa shape index (κ3) is 7.75. The minimum Gasteiger partial charge on any atom is -0.481 e. The number of ether oxygens (including phenoxy) is 1. The summed E-state index contributed by atoms with van der Waals surface area (Å²) < 4.78 is 5.39. The van der Waals surface area contributed by atoms with Crippen molar-refractivity contribution >= 4 is 5.97 Å². The van der Waals surface area contributed by atoms with Gasteiger partial charge in [-0.25, -0.2) is 0 Å². The van der Waals surface area contributed by atoms with Crippen LogP contribution in [0.25, 0.3) is 0 Å². The van der Waals surface area contributed by atoms with Crippen LogP contribution in [0.4, 0.5) is 0 Å².